The zero-order valence-corrected chi connectivity index (χ0v) is 12.4. The fourth-order valence-electron chi connectivity index (χ4n) is 1.90. The van der Waals surface area contributed by atoms with Crippen LogP contribution in [0.1, 0.15) is 5.56 Å². The molecule has 0 aliphatic carbocycles. The third-order valence-electron chi connectivity index (χ3n) is 3.11. The molecular weight excluding hydrogens is 295 g/mol. The number of aryl methyl sites for hydroxylation is 1. The molecule has 21 heavy (non-hydrogen) atoms. The van der Waals surface area contributed by atoms with Gasteiger partial charge < -0.3 is 10.8 Å². The van der Waals surface area contributed by atoms with Crippen LogP contribution in [-0.2, 0) is 10.0 Å². The summed E-state index contributed by atoms with van der Waals surface area (Å²) in [5, 5.41) is 9.43. The van der Waals surface area contributed by atoms with Crippen molar-refractivity contribution in [2.45, 2.75) is 11.8 Å². The van der Waals surface area contributed by atoms with Crippen LogP contribution in [0.3, 0.4) is 0 Å². The van der Waals surface area contributed by atoms with E-state index in [9.17, 15) is 17.9 Å². The Balaban J connectivity index is 2.52. The molecule has 2 aromatic carbocycles. The molecule has 0 fully saturated rings. The van der Waals surface area contributed by atoms with Crippen LogP contribution in [0.4, 0.5) is 15.8 Å². The van der Waals surface area contributed by atoms with Crippen LogP contribution in [0.2, 0.25) is 0 Å². The zero-order valence-electron chi connectivity index (χ0n) is 11.5. The Morgan fingerprint density at radius 1 is 1.24 bits per heavy atom. The van der Waals surface area contributed by atoms with Crippen molar-refractivity contribution in [3.63, 3.8) is 0 Å². The molecule has 0 saturated carbocycles. The summed E-state index contributed by atoms with van der Waals surface area (Å²) >= 11 is 0. The lowest BCUT2D eigenvalue weighted by Crippen LogP contribution is -2.26. The molecule has 0 saturated heterocycles. The lowest BCUT2D eigenvalue weighted by molar-refractivity contribution is 0.475. The van der Waals surface area contributed by atoms with E-state index in [-0.39, 0.29) is 27.6 Å². The van der Waals surface area contributed by atoms with Crippen molar-refractivity contribution in [1.29, 1.82) is 0 Å². The quantitative estimate of drug-likeness (QED) is 0.852. The molecule has 3 N–H and O–H groups in total. The fourth-order valence-corrected chi connectivity index (χ4v) is 3.21. The molecule has 7 heteroatoms. The fraction of sp³-hybridized carbons (Fsp3) is 0.143. The number of rotatable bonds is 3. The monoisotopic (exact) mass is 310 g/mol. The van der Waals surface area contributed by atoms with E-state index in [0.717, 1.165) is 10.4 Å². The van der Waals surface area contributed by atoms with Crippen molar-refractivity contribution < 1.29 is 17.9 Å². The van der Waals surface area contributed by atoms with Gasteiger partial charge in [0.05, 0.1) is 16.3 Å². The van der Waals surface area contributed by atoms with Gasteiger partial charge in [0, 0.05) is 13.1 Å². The van der Waals surface area contributed by atoms with Gasteiger partial charge in [0.25, 0.3) is 10.0 Å². The van der Waals surface area contributed by atoms with E-state index in [2.05, 4.69) is 0 Å². The van der Waals surface area contributed by atoms with Gasteiger partial charge in [-0.05, 0) is 36.8 Å². The minimum Gasteiger partial charge on any atom is -0.508 e. The van der Waals surface area contributed by atoms with Gasteiger partial charge in [0.15, 0.2) is 0 Å². The summed E-state index contributed by atoms with van der Waals surface area (Å²) in [5.74, 6) is -0.682. The van der Waals surface area contributed by atoms with Crippen LogP contribution < -0.4 is 10.0 Å². The Morgan fingerprint density at radius 3 is 2.48 bits per heavy atom. The van der Waals surface area contributed by atoms with E-state index < -0.39 is 15.8 Å². The standard InChI is InChI=1S/C14H15FN2O3S/c1-9-6-12(8-13(16)14(9)15)21(19,20)17(2)10-4-3-5-11(18)7-10/h3-8,18H,16H2,1-2H3. The number of hydrogen-bond donors (Lipinski definition) is 2. The van der Waals surface area contributed by atoms with Crippen molar-refractivity contribution >= 4 is 21.4 Å². The highest BCUT2D eigenvalue weighted by molar-refractivity contribution is 7.92. The molecule has 0 heterocycles. The second kappa shape index (κ2) is 5.25. The number of nitrogen functional groups attached to an aromatic ring is 1. The molecule has 0 aliphatic heterocycles. The van der Waals surface area contributed by atoms with Crippen molar-refractivity contribution in [2.75, 3.05) is 17.1 Å². The summed E-state index contributed by atoms with van der Waals surface area (Å²) in [6.45, 7) is 1.44. The molecule has 0 unspecified atom stereocenters. The molecule has 2 aromatic rings. The van der Waals surface area contributed by atoms with E-state index in [1.165, 1.54) is 44.3 Å². The Kier molecular flexibility index (Phi) is 3.78. The second-order valence-corrected chi connectivity index (χ2v) is 6.61. The number of phenolic OH excluding ortho intramolecular Hbond substituents is 1. The molecule has 0 bridgehead atoms. The van der Waals surface area contributed by atoms with Gasteiger partial charge in [-0.25, -0.2) is 12.8 Å². The SMILES string of the molecule is Cc1cc(S(=O)(=O)N(C)c2cccc(O)c2)cc(N)c1F. The summed E-state index contributed by atoms with van der Waals surface area (Å²) < 4.78 is 39.6. The first-order chi connectivity index (χ1) is 9.73. The maximum Gasteiger partial charge on any atom is 0.264 e. The molecule has 112 valence electrons. The van der Waals surface area contributed by atoms with E-state index in [0.29, 0.717) is 0 Å². The number of aromatic hydroxyl groups is 1. The van der Waals surface area contributed by atoms with Gasteiger partial charge in [0.1, 0.15) is 11.6 Å². The second-order valence-electron chi connectivity index (χ2n) is 4.64. The summed E-state index contributed by atoms with van der Waals surface area (Å²) in [5.41, 5.74) is 5.70. The lowest BCUT2D eigenvalue weighted by Gasteiger charge is -2.20. The van der Waals surface area contributed by atoms with Gasteiger partial charge in [-0.1, -0.05) is 6.07 Å². The third-order valence-corrected chi connectivity index (χ3v) is 4.87. The smallest absolute Gasteiger partial charge is 0.264 e. The Labute approximate surface area is 122 Å². The highest BCUT2D eigenvalue weighted by atomic mass is 32.2. The first-order valence-corrected chi connectivity index (χ1v) is 7.51. The van der Waals surface area contributed by atoms with Crippen LogP contribution >= 0.6 is 0 Å². The lowest BCUT2D eigenvalue weighted by atomic mass is 10.2. The van der Waals surface area contributed by atoms with Crippen molar-refractivity contribution in [3.8, 4) is 5.75 Å². The van der Waals surface area contributed by atoms with Gasteiger partial charge in [-0.2, -0.15) is 0 Å². The third kappa shape index (κ3) is 2.78. The zero-order chi connectivity index (χ0) is 15.8. The number of benzene rings is 2. The first-order valence-electron chi connectivity index (χ1n) is 6.07. The number of phenols is 1. The Hall–Kier alpha value is -2.28. The number of hydrogen-bond acceptors (Lipinski definition) is 4. The summed E-state index contributed by atoms with van der Waals surface area (Å²) in [6.07, 6.45) is 0. The largest absolute Gasteiger partial charge is 0.508 e. The summed E-state index contributed by atoms with van der Waals surface area (Å²) in [6, 6.07) is 8.12. The number of halogens is 1. The average Bonchev–Trinajstić information content (AvgIpc) is 2.43. The molecule has 0 aliphatic rings. The van der Waals surface area contributed by atoms with Crippen molar-refractivity contribution in [2.24, 2.45) is 0 Å². The molecule has 0 amide bonds. The first kappa shape index (κ1) is 15.1. The molecule has 5 nitrogen and oxygen atoms in total. The van der Waals surface area contributed by atoms with E-state index >= 15 is 0 Å². The van der Waals surface area contributed by atoms with E-state index in [1.807, 2.05) is 0 Å². The molecule has 0 aromatic heterocycles. The predicted molar refractivity (Wildman–Crippen MR) is 79.2 cm³/mol. The van der Waals surface area contributed by atoms with Gasteiger partial charge >= 0.3 is 0 Å². The van der Waals surface area contributed by atoms with Crippen molar-refractivity contribution in [3.05, 3.63) is 47.8 Å². The van der Waals surface area contributed by atoms with Gasteiger partial charge in [-0.15, -0.1) is 0 Å². The van der Waals surface area contributed by atoms with Gasteiger partial charge in [-0.3, -0.25) is 4.31 Å². The molecular formula is C14H15FN2O3S. The van der Waals surface area contributed by atoms with Crippen LogP contribution in [-0.4, -0.2) is 20.6 Å². The molecule has 0 spiro atoms. The highest BCUT2D eigenvalue weighted by Crippen LogP contribution is 2.27. The number of sulfonamides is 1. The number of nitrogens with two attached hydrogens (primary N) is 1. The normalized spacial score (nSPS) is 11.4. The molecule has 0 atom stereocenters. The van der Waals surface area contributed by atoms with Crippen LogP contribution in [0, 0.1) is 12.7 Å². The minimum absolute atomic E-state index is 0.0515. The van der Waals surface area contributed by atoms with Crippen molar-refractivity contribution in [1.82, 2.24) is 0 Å². The van der Waals surface area contributed by atoms with Gasteiger partial charge in [0.2, 0.25) is 0 Å². The average molecular weight is 310 g/mol. The maximum absolute atomic E-state index is 13.5. The topological polar surface area (TPSA) is 83.6 Å². The van der Waals surface area contributed by atoms with Crippen LogP contribution in [0.15, 0.2) is 41.3 Å². The Bertz CT molecular complexity index is 768. The maximum atomic E-state index is 13.5. The predicted octanol–water partition coefficient (Wildman–Crippen LogP) is 2.25. The summed E-state index contributed by atoms with van der Waals surface area (Å²) in [4.78, 5) is -0.107. The van der Waals surface area contributed by atoms with E-state index in [1.54, 1.807) is 0 Å². The summed E-state index contributed by atoms with van der Waals surface area (Å²) in [7, 11) is -2.55. The number of nitrogens with zero attached hydrogens (tertiary/aromatic N) is 1. The highest BCUT2D eigenvalue weighted by Gasteiger charge is 2.23. The van der Waals surface area contributed by atoms with Crippen LogP contribution in [0.5, 0.6) is 5.75 Å². The molecule has 0 radical (unpaired) electrons. The van der Waals surface area contributed by atoms with Crippen LogP contribution in [0.25, 0.3) is 0 Å². The number of anilines is 2. The Morgan fingerprint density at radius 2 is 1.90 bits per heavy atom. The van der Waals surface area contributed by atoms with E-state index in [4.69, 9.17) is 5.73 Å². The minimum atomic E-state index is -3.90. The molecule has 2 rings (SSSR count).